The molecule has 0 spiro atoms. The van der Waals surface area contributed by atoms with Crippen molar-refractivity contribution >= 4 is 21.4 Å². The van der Waals surface area contributed by atoms with E-state index in [0.717, 1.165) is 0 Å². The number of hydrogen-bond donors (Lipinski definition) is 2. The van der Waals surface area contributed by atoms with Crippen LogP contribution in [-0.4, -0.2) is 52.0 Å². The molecule has 0 aromatic heterocycles. The SMILES string of the molecule is CCNc1cc(S(=O)(=O)NCCN(C)C)ccc1[N+](=O)[O-]. The molecule has 1 rings (SSSR count). The molecule has 0 amide bonds. The summed E-state index contributed by atoms with van der Waals surface area (Å²) < 4.78 is 26.7. The van der Waals surface area contributed by atoms with Gasteiger partial charge in [0.2, 0.25) is 10.0 Å². The van der Waals surface area contributed by atoms with Crippen LogP contribution in [-0.2, 0) is 10.0 Å². The lowest BCUT2D eigenvalue weighted by Gasteiger charge is -2.12. The van der Waals surface area contributed by atoms with E-state index >= 15 is 0 Å². The summed E-state index contributed by atoms with van der Waals surface area (Å²) >= 11 is 0. The molecule has 0 aliphatic heterocycles. The molecule has 0 aliphatic rings. The molecule has 2 N–H and O–H groups in total. The van der Waals surface area contributed by atoms with Crippen molar-refractivity contribution < 1.29 is 13.3 Å². The zero-order chi connectivity index (χ0) is 16.0. The van der Waals surface area contributed by atoms with Gasteiger partial charge in [-0.25, -0.2) is 13.1 Å². The largest absolute Gasteiger partial charge is 0.380 e. The van der Waals surface area contributed by atoms with Gasteiger partial charge in [0.05, 0.1) is 9.82 Å². The van der Waals surface area contributed by atoms with Gasteiger partial charge in [0, 0.05) is 25.7 Å². The Morgan fingerprint density at radius 1 is 1.33 bits per heavy atom. The van der Waals surface area contributed by atoms with E-state index in [2.05, 4.69) is 10.0 Å². The van der Waals surface area contributed by atoms with Crippen molar-refractivity contribution in [2.75, 3.05) is 39.0 Å². The molecule has 9 heteroatoms. The van der Waals surface area contributed by atoms with Crippen LogP contribution in [0.2, 0.25) is 0 Å². The molecule has 1 aromatic carbocycles. The van der Waals surface area contributed by atoms with Crippen LogP contribution in [0, 0.1) is 10.1 Å². The first-order valence-electron chi connectivity index (χ1n) is 6.44. The predicted molar refractivity (Wildman–Crippen MR) is 81.0 cm³/mol. The van der Waals surface area contributed by atoms with Gasteiger partial charge in [-0.1, -0.05) is 0 Å². The van der Waals surface area contributed by atoms with Crippen molar-refractivity contribution in [1.82, 2.24) is 9.62 Å². The van der Waals surface area contributed by atoms with Gasteiger partial charge in [0.15, 0.2) is 0 Å². The van der Waals surface area contributed by atoms with Crippen LogP contribution in [0.1, 0.15) is 6.92 Å². The second-order valence-corrected chi connectivity index (χ2v) is 6.43. The van der Waals surface area contributed by atoms with Gasteiger partial charge >= 0.3 is 0 Å². The van der Waals surface area contributed by atoms with Gasteiger partial charge in [-0.2, -0.15) is 0 Å². The van der Waals surface area contributed by atoms with Gasteiger partial charge in [-0.3, -0.25) is 10.1 Å². The number of likely N-dealkylation sites (N-methyl/N-ethyl adjacent to an activating group) is 1. The first-order valence-corrected chi connectivity index (χ1v) is 7.93. The van der Waals surface area contributed by atoms with Crippen LogP contribution in [0.25, 0.3) is 0 Å². The number of sulfonamides is 1. The molecule has 118 valence electrons. The molecule has 0 unspecified atom stereocenters. The number of nitro benzene ring substituents is 1. The number of anilines is 1. The van der Waals surface area contributed by atoms with Crippen molar-refractivity contribution in [3.63, 3.8) is 0 Å². The average molecular weight is 316 g/mol. The maximum atomic E-state index is 12.1. The number of hydrogen-bond acceptors (Lipinski definition) is 6. The van der Waals surface area contributed by atoms with Crippen molar-refractivity contribution in [3.05, 3.63) is 28.3 Å². The number of nitro groups is 1. The highest BCUT2D eigenvalue weighted by Gasteiger charge is 2.19. The molecule has 0 bridgehead atoms. The lowest BCUT2D eigenvalue weighted by atomic mass is 10.2. The minimum absolute atomic E-state index is 0.00260. The minimum atomic E-state index is -3.68. The smallest absolute Gasteiger partial charge is 0.292 e. The summed E-state index contributed by atoms with van der Waals surface area (Å²) in [5.41, 5.74) is 0.0436. The molecule has 0 saturated heterocycles. The Hall–Kier alpha value is -1.71. The quantitative estimate of drug-likeness (QED) is 0.544. The number of nitrogens with zero attached hydrogens (tertiary/aromatic N) is 2. The monoisotopic (exact) mass is 316 g/mol. The third-order valence-corrected chi connectivity index (χ3v) is 4.15. The Kier molecular flexibility index (Phi) is 6.06. The Morgan fingerprint density at radius 2 is 2.00 bits per heavy atom. The van der Waals surface area contributed by atoms with Gasteiger partial charge in [-0.15, -0.1) is 0 Å². The van der Waals surface area contributed by atoms with E-state index in [9.17, 15) is 18.5 Å². The second-order valence-electron chi connectivity index (χ2n) is 4.67. The molecule has 1 aromatic rings. The number of rotatable bonds is 8. The Bertz CT molecular complexity index is 601. The summed E-state index contributed by atoms with van der Waals surface area (Å²) in [5.74, 6) is 0. The molecule has 0 fully saturated rings. The number of nitrogens with one attached hydrogen (secondary N) is 2. The lowest BCUT2D eigenvalue weighted by Crippen LogP contribution is -2.31. The zero-order valence-corrected chi connectivity index (χ0v) is 13.1. The maximum Gasteiger partial charge on any atom is 0.292 e. The molecule has 21 heavy (non-hydrogen) atoms. The van der Waals surface area contributed by atoms with Crippen molar-refractivity contribution in [2.45, 2.75) is 11.8 Å². The van der Waals surface area contributed by atoms with E-state index in [-0.39, 0.29) is 22.8 Å². The van der Waals surface area contributed by atoms with Crippen LogP contribution >= 0.6 is 0 Å². The van der Waals surface area contributed by atoms with Gasteiger partial charge < -0.3 is 10.2 Å². The Morgan fingerprint density at radius 3 is 2.52 bits per heavy atom. The zero-order valence-electron chi connectivity index (χ0n) is 12.3. The first kappa shape index (κ1) is 17.3. The van der Waals surface area contributed by atoms with Gasteiger partial charge in [-0.05, 0) is 33.2 Å². The minimum Gasteiger partial charge on any atom is -0.380 e. The summed E-state index contributed by atoms with van der Waals surface area (Å²) in [7, 11) is -0.00498. The van der Waals surface area contributed by atoms with E-state index in [4.69, 9.17) is 0 Å². The average Bonchev–Trinajstić information content (AvgIpc) is 2.38. The summed E-state index contributed by atoms with van der Waals surface area (Å²) in [6, 6.07) is 3.70. The second kappa shape index (κ2) is 7.34. The van der Waals surface area contributed by atoms with E-state index in [1.54, 1.807) is 6.92 Å². The summed E-state index contributed by atoms with van der Waals surface area (Å²) in [5, 5.41) is 13.7. The van der Waals surface area contributed by atoms with E-state index in [1.165, 1.54) is 18.2 Å². The van der Waals surface area contributed by atoms with Crippen LogP contribution < -0.4 is 10.0 Å². The van der Waals surface area contributed by atoms with Gasteiger partial charge in [0.25, 0.3) is 5.69 Å². The Balaban J connectivity index is 3.02. The number of benzene rings is 1. The highest BCUT2D eigenvalue weighted by Crippen LogP contribution is 2.27. The molecule has 8 nitrogen and oxygen atoms in total. The highest BCUT2D eigenvalue weighted by molar-refractivity contribution is 7.89. The van der Waals surface area contributed by atoms with Crippen LogP contribution in [0.15, 0.2) is 23.1 Å². The molecule has 0 saturated carbocycles. The summed E-state index contributed by atoms with van der Waals surface area (Å²) in [6.07, 6.45) is 0. The van der Waals surface area contributed by atoms with Crippen molar-refractivity contribution in [3.8, 4) is 0 Å². The third kappa shape index (κ3) is 4.96. The van der Waals surface area contributed by atoms with Crippen molar-refractivity contribution in [2.24, 2.45) is 0 Å². The molecular weight excluding hydrogens is 296 g/mol. The predicted octanol–water partition coefficient (Wildman–Crippen LogP) is 0.866. The summed E-state index contributed by atoms with van der Waals surface area (Å²) in [4.78, 5) is 12.2. The van der Waals surface area contributed by atoms with Crippen molar-refractivity contribution in [1.29, 1.82) is 0 Å². The molecule has 0 atom stereocenters. The third-order valence-electron chi connectivity index (χ3n) is 2.69. The highest BCUT2D eigenvalue weighted by atomic mass is 32.2. The molecule has 0 radical (unpaired) electrons. The fourth-order valence-electron chi connectivity index (χ4n) is 1.66. The van der Waals surface area contributed by atoms with E-state index in [1.807, 2.05) is 19.0 Å². The van der Waals surface area contributed by atoms with E-state index in [0.29, 0.717) is 13.1 Å². The fraction of sp³-hybridized carbons (Fsp3) is 0.500. The van der Waals surface area contributed by atoms with Gasteiger partial charge in [0.1, 0.15) is 5.69 Å². The molecular formula is C12H20N4O4S. The lowest BCUT2D eigenvalue weighted by molar-refractivity contribution is -0.384. The normalized spacial score (nSPS) is 11.6. The fourth-order valence-corrected chi connectivity index (χ4v) is 2.71. The van der Waals surface area contributed by atoms with E-state index < -0.39 is 14.9 Å². The van der Waals surface area contributed by atoms with Crippen LogP contribution in [0.5, 0.6) is 0 Å². The molecule has 0 heterocycles. The topological polar surface area (TPSA) is 105 Å². The standard InChI is InChI=1S/C12H20N4O4S/c1-4-13-11-9-10(5-6-12(11)16(17)18)21(19,20)14-7-8-15(2)3/h5-6,9,13-14H,4,7-8H2,1-3H3. The summed E-state index contributed by atoms with van der Waals surface area (Å²) in [6.45, 7) is 3.06. The first-order chi connectivity index (χ1) is 9.77. The Labute approximate surface area is 124 Å². The van der Waals surface area contributed by atoms with Crippen LogP contribution in [0.3, 0.4) is 0 Å². The maximum absolute atomic E-state index is 12.1. The molecule has 0 aliphatic carbocycles. The van der Waals surface area contributed by atoms with Crippen LogP contribution in [0.4, 0.5) is 11.4 Å².